The van der Waals surface area contributed by atoms with Crippen molar-refractivity contribution >= 4 is 65.9 Å². The van der Waals surface area contributed by atoms with Crippen LogP contribution in [0.4, 0.5) is 0 Å². The van der Waals surface area contributed by atoms with E-state index in [1.807, 2.05) is 6.07 Å². The van der Waals surface area contributed by atoms with Crippen LogP contribution in [0, 0.1) is 5.92 Å². The van der Waals surface area contributed by atoms with Gasteiger partial charge >= 0.3 is 0 Å². The van der Waals surface area contributed by atoms with Gasteiger partial charge in [0.1, 0.15) is 22.3 Å². The zero-order valence-corrected chi connectivity index (χ0v) is 34.0. The fourth-order valence-corrected chi connectivity index (χ4v) is 10.00. The summed E-state index contributed by atoms with van der Waals surface area (Å²) in [5.74, 6) is 0.294. The predicted octanol–water partition coefficient (Wildman–Crippen LogP) is 16.2. The summed E-state index contributed by atoms with van der Waals surface area (Å²) < 4.78 is 12.9. The van der Waals surface area contributed by atoms with Crippen LogP contribution in [0.1, 0.15) is 62.3 Å². The normalized spacial score (nSPS) is 16.4. The molecular formula is C57H45NO2. The smallest absolute Gasteiger partial charge is 0.136 e. The number of fused-ring (bicyclic) bond motifs is 7. The first-order valence-corrected chi connectivity index (χ1v) is 21.4. The van der Waals surface area contributed by atoms with Gasteiger partial charge in [-0.25, -0.2) is 0 Å². The minimum absolute atomic E-state index is 0.0612. The lowest BCUT2D eigenvalue weighted by atomic mass is 9.80. The third-order valence-electron chi connectivity index (χ3n) is 12.9. The molecule has 3 nitrogen and oxygen atoms in total. The monoisotopic (exact) mass is 775 g/mol. The van der Waals surface area contributed by atoms with Crippen LogP contribution >= 0.6 is 0 Å². The van der Waals surface area contributed by atoms with Crippen molar-refractivity contribution in [1.82, 2.24) is 0 Å². The van der Waals surface area contributed by atoms with Gasteiger partial charge in [0.25, 0.3) is 0 Å². The first kappa shape index (κ1) is 36.1. The van der Waals surface area contributed by atoms with E-state index in [2.05, 4.69) is 184 Å². The molecule has 0 spiro atoms. The summed E-state index contributed by atoms with van der Waals surface area (Å²) in [6, 6.07) is 63.3. The molecule has 8 aromatic carbocycles. The van der Waals surface area contributed by atoms with Crippen LogP contribution in [0.15, 0.2) is 195 Å². The number of nitrogens with zero attached hydrogens (tertiary/aromatic N) is 1. The Labute approximate surface area is 350 Å². The van der Waals surface area contributed by atoms with Crippen molar-refractivity contribution < 1.29 is 8.83 Å². The van der Waals surface area contributed by atoms with E-state index >= 15 is 0 Å². The second-order valence-electron chi connectivity index (χ2n) is 16.4. The SMILES string of the molecule is CCC1CC(c2cccc3c(-c4cc(-c5ccccc5)cc5oc6ccccc6c45)cccc23)N=C(c2ccccc2)CCC(C)=C1c1ccc2oc3ccccc3c2c1. The molecule has 0 bridgehead atoms. The van der Waals surface area contributed by atoms with Crippen LogP contribution < -0.4 is 0 Å². The van der Waals surface area contributed by atoms with E-state index in [0.717, 1.165) is 69.7 Å². The Kier molecular flexibility index (Phi) is 9.04. The van der Waals surface area contributed by atoms with E-state index in [9.17, 15) is 0 Å². The maximum absolute atomic E-state index is 6.59. The van der Waals surface area contributed by atoms with Gasteiger partial charge in [-0.3, -0.25) is 4.99 Å². The molecule has 0 radical (unpaired) electrons. The molecule has 0 N–H and O–H groups in total. The Morgan fingerprint density at radius 3 is 1.93 bits per heavy atom. The van der Waals surface area contributed by atoms with Gasteiger partial charge in [0.2, 0.25) is 0 Å². The van der Waals surface area contributed by atoms with Crippen molar-refractivity contribution in [1.29, 1.82) is 0 Å². The van der Waals surface area contributed by atoms with Gasteiger partial charge in [-0.1, -0.05) is 152 Å². The summed E-state index contributed by atoms with van der Waals surface area (Å²) >= 11 is 0. The van der Waals surface area contributed by atoms with E-state index in [4.69, 9.17) is 13.8 Å². The molecule has 3 heterocycles. The third-order valence-corrected chi connectivity index (χ3v) is 12.9. The minimum atomic E-state index is -0.0612. The Bertz CT molecular complexity index is 3290. The predicted molar refractivity (Wildman–Crippen MR) is 252 cm³/mol. The van der Waals surface area contributed by atoms with Gasteiger partial charge in [0.15, 0.2) is 0 Å². The second-order valence-corrected chi connectivity index (χ2v) is 16.4. The molecule has 2 atom stereocenters. The van der Waals surface area contributed by atoms with Crippen molar-refractivity contribution in [3.63, 3.8) is 0 Å². The fourth-order valence-electron chi connectivity index (χ4n) is 10.00. The number of furan rings is 2. The summed E-state index contributed by atoms with van der Waals surface area (Å²) in [5.41, 5.74) is 16.2. The van der Waals surface area contributed by atoms with Crippen molar-refractivity contribution in [2.24, 2.45) is 10.9 Å². The summed E-state index contributed by atoms with van der Waals surface area (Å²) in [4.78, 5) is 5.83. The molecule has 1 aliphatic heterocycles. The highest BCUT2D eigenvalue weighted by atomic mass is 16.3. The zero-order valence-electron chi connectivity index (χ0n) is 34.0. The van der Waals surface area contributed by atoms with Crippen molar-refractivity contribution in [3.8, 4) is 22.3 Å². The van der Waals surface area contributed by atoms with Gasteiger partial charge in [-0.05, 0) is 130 Å². The quantitative estimate of drug-likeness (QED) is 0.169. The number of hydrogen-bond donors (Lipinski definition) is 0. The standard InChI is InChI=1S/C57H45NO2/c1-3-37-34-51(58-50(39-18-8-5-9-19-39)30-28-36(2)56(37)40-29-31-54-48(32-40)46-20-10-12-26-52(46)59-54)45-25-15-22-42-43(45)23-14-24-44(42)49-33-41(38-16-6-4-7-17-38)35-55-57(49)47-21-11-13-27-53(47)60-55/h4-27,29,31-33,35,37,51H,3,28,30,34H2,1-2H3. The maximum Gasteiger partial charge on any atom is 0.136 e. The highest BCUT2D eigenvalue weighted by Crippen LogP contribution is 2.46. The maximum atomic E-state index is 6.59. The molecule has 11 rings (SSSR count). The van der Waals surface area contributed by atoms with E-state index in [1.54, 1.807) is 0 Å². The van der Waals surface area contributed by atoms with Crippen molar-refractivity contribution in [2.75, 3.05) is 0 Å². The van der Waals surface area contributed by atoms with Crippen molar-refractivity contribution in [3.05, 3.63) is 198 Å². The molecule has 290 valence electrons. The summed E-state index contributed by atoms with van der Waals surface area (Å²) in [6.45, 7) is 4.70. The van der Waals surface area contributed by atoms with Crippen LogP contribution in [0.3, 0.4) is 0 Å². The molecule has 60 heavy (non-hydrogen) atoms. The van der Waals surface area contributed by atoms with Crippen LogP contribution in [0.25, 0.3) is 82.5 Å². The number of benzene rings is 8. The summed E-state index contributed by atoms with van der Waals surface area (Å²) in [5, 5.41) is 7.08. The van der Waals surface area contributed by atoms with Gasteiger partial charge in [0.05, 0.1) is 6.04 Å². The first-order valence-electron chi connectivity index (χ1n) is 21.4. The lowest BCUT2D eigenvalue weighted by molar-refractivity contribution is 0.518. The molecule has 10 aromatic rings. The highest BCUT2D eigenvalue weighted by Gasteiger charge is 2.27. The van der Waals surface area contributed by atoms with Gasteiger partial charge in [-0.15, -0.1) is 0 Å². The number of para-hydroxylation sites is 2. The molecule has 0 saturated heterocycles. The lowest BCUT2D eigenvalue weighted by Gasteiger charge is -2.26. The number of aliphatic imine (C=N–C) groups is 1. The van der Waals surface area contributed by atoms with Gasteiger partial charge < -0.3 is 8.83 Å². The summed E-state index contributed by atoms with van der Waals surface area (Å²) in [7, 11) is 0. The van der Waals surface area contributed by atoms with Crippen LogP contribution in [-0.4, -0.2) is 5.71 Å². The molecule has 1 aliphatic rings. The number of allylic oxidation sites excluding steroid dienone is 2. The van der Waals surface area contributed by atoms with Crippen LogP contribution in [0.5, 0.6) is 0 Å². The van der Waals surface area contributed by atoms with Crippen molar-refractivity contribution in [2.45, 2.75) is 45.6 Å². The molecule has 0 aliphatic carbocycles. The van der Waals surface area contributed by atoms with E-state index < -0.39 is 0 Å². The highest BCUT2D eigenvalue weighted by molar-refractivity contribution is 6.16. The molecule has 3 heteroatoms. The number of rotatable bonds is 6. The molecule has 2 aromatic heterocycles. The van der Waals surface area contributed by atoms with E-state index in [-0.39, 0.29) is 6.04 Å². The van der Waals surface area contributed by atoms with Gasteiger partial charge in [0, 0.05) is 27.3 Å². The molecule has 0 amide bonds. The lowest BCUT2D eigenvalue weighted by Crippen LogP contribution is -2.11. The molecule has 0 saturated carbocycles. The molecule has 0 fully saturated rings. The Hall–Kier alpha value is -6.97. The number of hydrogen-bond acceptors (Lipinski definition) is 3. The van der Waals surface area contributed by atoms with Crippen LogP contribution in [-0.2, 0) is 0 Å². The minimum Gasteiger partial charge on any atom is -0.456 e. The third kappa shape index (κ3) is 6.24. The van der Waals surface area contributed by atoms with E-state index in [1.165, 1.54) is 66.4 Å². The Morgan fingerprint density at radius 1 is 0.483 bits per heavy atom. The Morgan fingerprint density at radius 2 is 1.13 bits per heavy atom. The topological polar surface area (TPSA) is 38.6 Å². The molecule has 2 unspecified atom stereocenters. The summed E-state index contributed by atoms with van der Waals surface area (Å²) in [6.07, 6.45) is 3.73. The zero-order chi connectivity index (χ0) is 40.2. The van der Waals surface area contributed by atoms with E-state index in [0.29, 0.717) is 5.92 Å². The largest absolute Gasteiger partial charge is 0.456 e. The molecular weight excluding hydrogens is 731 g/mol. The average molecular weight is 776 g/mol. The van der Waals surface area contributed by atoms with Crippen LogP contribution in [0.2, 0.25) is 0 Å². The average Bonchev–Trinajstić information content (AvgIpc) is 3.89. The first-order chi connectivity index (χ1) is 29.6. The second kappa shape index (κ2) is 15.0. The fraction of sp³-hybridized carbons (Fsp3) is 0.140. The van der Waals surface area contributed by atoms with Gasteiger partial charge in [-0.2, -0.15) is 0 Å². The Balaban J connectivity index is 1.10.